The SMILES string of the molecule is NCC(c1cnccn1)c1cc(Br)ccc1F. The molecular formula is C12H11BrFN3. The van der Waals surface area contributed by atoms with Crippen LogP contribution in [0.15, 0.2) is 41.3 Å². The molecule has 2 rings (SSSR count). The Hall–Kier alpha value is -1.33. The first-order chi connectivity index (χ1) is 8.22. The zero-order valence-corrected chi connectivity index (χ0v) is 10.6. The van der Waals surface area contributed by atoms with E-state index in [0.29, 0.717) is 11.3 Å². The summed E-state index contributed by atoms with van der Waals surface area (Å²) in [7, 11) is 0. The lowest BCUT2D eigenvalue weighted by Crippen LogP contribution is -2.16. The molecule has 88 valence electrons. The molecule has 1 atom stereocenters. The van der Waals surface area contributed by atoms with Gasteiger partial charge >= 0.3 is 0 Å². The summed E-state index contributed by atoms with van der Waals surface area (Å²) in [5.74, 6) is -0.560. The molecule has 2 N–H and O–H groups in total. The van der Waals surface area contributed by atoms with E-state index in [1.165, 1.54) is 6.07 Å². The van der Waals surface area contributed by atoms with Gasteiger partial charge in [0.25, 0.3) is 0 Å². The lowest BCUT2D eigenvalue weighted by atomic mass is 9.95. The van der Waals surface area contributed by atoms with Crippen molar-refractivity contribution in [2.24, 2.45) is 5.73 Å². The third-order valence-electron chi connectivity index (χ3n) is 2.51. The molecule has 2 aromatic rings. The van der Waals surface area contributed by atoms with Gasteiger partial charge in [0, 0.05) is 35.5 Å². The predicted molar refractivity (Wildman–Crippen MR) is 67.0 cm³/mol. The molecule has 1 heterocycles. The van der Waals surface area contributed by atoms with E-state index in [1.807, 2.05) is 0 Å². The number of rotatable bonds is 3. The minimum absolute atomic E-state index is 0.277. The average Bonchev–Trinajstić information content (AvgIpc) is 2.36. The van der Waals surface area contributed by atoms with Gasteiger partial charge in [-0.3, -0.25) is 9.97 Å². The smallest absolute Gasteiger partial charge is 0.127 e. The Morgan fingerprint density at radius 1 is 1.35 bits per heavy atom. The first-order valence-corrected chi connectivity index (χ1v) is 5.92. The lowest BCUT2D eigenvalue weighted by Gasteiger charge is -2.15. The van der Waals surface area contributed by atoms with Crippen molar-refractivity contribution in [3.05, 3.63) is 58.3 Å². The second-order valence-electron chi connectivity index (χ2n) is 3.58. The highest BCUT2D eigenvalue weighted by Gasteiger charge is 2.18. The highest BCUT2D eigenvalue weighted by molar-refractivity contribution is 9.10. The molecule has 1 unspecified atom stereocenters. The van der Waals surface area contributed by atoms with Crippen LogP contribution in [0, 0.1) is 5.82 Å². The average molecular weight is 296 g/mol. The third-order valence-corrected chi connectivity index (χ3v) is 3.00. The molecule has 5 heteroatoms. The van der Waals surface area contributed by atoms with Crippen LogP contribution in [0.3, 0.4) is 0 Å². The summed E-state index contributed by atoms with van der Waals surface area (Å²) < 4.78 is 14.6. The summed E-state index contributed by atoms with van der Waals surface area (Å²) in [6.45, 7) is 0.284. The van der Waals surface area contributed by atoms with Gasteiger partial charge in [-0.05, 0) is 23.8 Å². The number of hydrogen-bond donors (Lipinski definition) is 1. The number of halogens is 2. The van der Waals surface area contributed by atoms with Crippen LogP contribution in [0.5, 0.6) is 0 Å². The van der Waals surface area contributed by atoms with E-state index in [0.717, 1.165) is 4.47 Å². The van der Waals surface area contributed by atoms with Crippen molar-refractivity contribution in [3.8, 4) is 0 Å². The Morgan fingerprint density at radius 2 is 2.18 bits per heavy atom. The van der Waals surface area contributed by atoms with Crippen LogP contribution in [0.25, 0.3) is 0 Å². The minimum atomic E-state index is -0.283. The zero-order chi connectivity index (χ0) is 12.3. The van der Waals surface area contributed by atoms with Crippen molar-refractivity contribution in [2.75, 3.05) is 6.54 Å². The molecule has 0 bridgehead atoms. The number of nitrogens with two attached hydrogens (primary N) is 1. The van der Waals surface area contributed by atoms with Crippen LogP contribution in [0.2, 0.25) is 0 Å². The number of aromatic nitrogens is 2. The van der Waals surface area contributed by atoms with Gasteiger partial charge in [0.1, 0.15) is 5.82 Å². The van der Waals surface area contributed by atoms with E-state index < -0.39 is 0 Å². The van der Waals surface area contributed by atoms with Crippen LogP contribution in [-0.2, 0) is 0 Å². The molecule has 0 saturated heterocycles. The highest BCUT2D eigenvalue weighted by atomic mass is 79.9. The van der Waals surface area contributed by atoms with Gasteiger partial charge in [-0.2, -0.15) is 0 Å². The van der Waals surface area contributed by atoms with E-state index in [-0.39, 0.29) is 18.3 Å². The van der Waals surface area contributed by atoms with Gasteiger partial charge in [-0.25, -0.2) is 4.39 Å². The maximum Gasteiger partial charge on any atom is 0.127 e. The fourth-order valence-corrected chi connectivity index (χ4v) is 2.06. The molecular weight excluding hydrogens is 285 g/mol. The van der Waals surface area contributed by atoms with E-state index in [4.69, 9.17) is 5.73 Å². The summed E-state index contributed by atoms with van der Waals surface area (Å²) in [5, 5.41) is 0. The summed E-state index contributed by atoms with van der Waals surface area (Å²) in [4.78, 5) is 8.15. The maximum absolute atomic E-state index is 13.8. The van der Waals surface area contributed by atoms with Crippen LogP contribution < -0.4 is 5.73 Å². The third kappa shape index (κ3) is 2.68. The van der Waals surface area contributed by atoms with Gasteiger partial charge in [-0.15, -0.1) is 0 Å². The van der Waals surface area contributed by atoms with Crippen molar-refractivity contribution < 1.29 is 4.39 Å². The summed E-state index contributed by atoms with van der Waals surface area (Å²) in [6, 6.07) is 4.79. The number of nitrogens with zero attached hydrogens (tertiary/aromatic N) is 2. The Labute approximate surface area is 107 Å². The Balaban J connectivity index is 2.46. The molecule has 0 saturated carbocycles. The van der Waals surface area contributed by atoms with E-state index in [2.05, 4.69) is 25.9 Å². The molecule has 17 heavy (non-hydrogen) atoms. The Kier molecular flexibility index (Phi) is 3.81. The van der Waals surface area contributed by atoms with E-state index >= 15 is 0 Å². The van der Waals surface area contributed by atoms with Crippen LogP contribution in [0.4, 0.5) is 4.39 Å². The molecule has 1 aromatic heterocycles. The maximum atomic E-state index is 13.8. The molecule has 0 spiro atoms. The van der Waals surface area contributed by atoms with Crippen LogP contribution >= 0.6 is 15.9 Å². The summed E-state index contributed by atoms with van der Waals surface area (Å²) >= 11 is 3.32. The quantitative estimate of drug-likeness (QED) is 0.946. The molecule has 0 radical (unpaired) electrons. The van der Waals surface area contributed by atoms with Crippen molar-refractivity contribution in [1.29, 1.82) is 0 Å². The second kappa shape index (κ2) is 5.33. The van der Waals surface area contributed by atoms with Crippen molar-refractivity contribution >= 4 is 15.9 Å². The minimum Gasteiger partial charge on any atom is -0.329 e. The molecule has 0 amide bonds. The Morgan fingerprint density at radius 3 is 2.82 bits per heavy atom. The van der Waals surface area contributed by atoms with Gasteiger partial charge in [0.2, 0.25) is 0 Å². The lowest BCUT2D eigenvalue weighted by molar-refractivity contribution is 0.593. The molecule has 0 aliphatic heterocycles. The largest absolute Gasteiger partial charge is 0.329 e. The predicted octanol–water partition coefficient (Wildman–Crippen LogP) is 2.47. The first-order valence-electron chi connectivity index (χ1n) is 5.13. The first kappa shape index (κ1) is 12.1. The van der Waals surface area contributed by atoms with Crippen molar-refractivity contribution in [2.45, 2.75) is 5.92 Å². The topological polar surface area (TPSA) is 51.8 Å². The highest BCUT2D eigenvalue weighted by Crippen LogP contribution is 2.26. The zero-order valence-electron chi connectivity index (χ0n) is 8.98. The molecule has 0 aliphatic rings. The fraction of sp³-hybridized carbons (Fsp3) is 0.167. The number of benzene rings is 1. The van der Waals surface area contributed by atoms with Gasteiger partial charge in [0.05, 0.1) is 5.69 Å². The standard InChI is InChI=1S/C12H11BrFN3/c13-8-1-2-11(14)9(5-8)10(6-15)12-7-16-3-4-17-12/h1-5,7,10H,6,15H2. The molecule has 0 fully saturated rings. The molecule has 0 aliphatic carbocycles. The summed E-state index contributed by atoms with van der Waals surface area (Å²) in [6.07, 6.45) is 4.76. The van der Waals surface area contributed by atoms with Crippen LogP contribution in [0.1, 0.15) is 17.2 Å². The van der Waals surface area contributed by atoms with E-state index in [1.54, 1.807) is 30.7 Å². The molecule has 3 nitrogen and oxygen atoms in total. The monoisotopic (exact) mass is 295 g/mol. The number of hydrogen-bond acceptors (Lipinski definition) is 3. The van der Waals surface area contributed by atoms with Crippen molar-refractivity contribution in [1.82, 2.24) is 9.97 Å². The Bertz CT molecular complexity index is 504. The van der Waals surface area contributed by atoms with Gasteiger partial charge < -0.3 is 5.73 Å². The van der Waals surface area contributed by atoms with Gasteiger partial charge in [-0.1, -0.05) is 15.9 Å². The normalized spacial score (nSPS) is 12.4. The molecule has 1 aromatic carbocycles. The second-order valence-corrected chi connectivity index (χ2v) is 4.50. The summed E-state index contributed by atoms with van der Waals surface area (Å²) in [5.41, 5.74) is 6.91. The van der Waals surface area contributed by atoms with E-state index in [9.17, 15) is 4.39 Å². The fourth-order valence-electron chi connectivity index (χ4n) is 1.68. The van der Waals surface area contributed by atoms with Crippen LogP contribution in [-0.4, -0.2) is 16.5 Å². The van der Waals surface area contributed by atoms with Crippen molar-refractivity contribution in [3.63, 3.8) is 0 Å². The van der Waals surface area contributed by atoms with Gasteiger partial charge in [0.15, 0.2) is 0 Å².